The van der Waals surface area contributed by atoms with E-state index in [0.717, 1.165) is 24.4 Å². The Morgan fingerprint density at radius 2 is 1.75 bits per heavy atom. The van der Waals surface area contributed by atoms with Gasteiger partial charge in [-0.05, 0) is 24.6 Å². The summed E-state index contributed by atoms with van der Waals surface area (Å²) in [4.78, 5) is 30.4. The van der Waals surface area contributed by atoms with Crippen molar-refractivity contribution < 1.29 is 19.1 Å². The van der Waals surface area contributed by atoms with Crippen molar-refractivity contribution in [1.82, 2.24) is 9.80 Å². The molecule has 0 bridgehead atoms. The summed E-state index contributed by atoms with van der Waals surface area (Å²) >= 11 is 1.46. The first kappa shape index (κ1) is 20.9. The van der Waals surface area contributed by atoms with E-state index in [1.54, 1.807) is 0 Å². The van der Waals surface area contributed by atoms with Crippen LogP contribution >= 0.6 is 11.8 Å². The van der Waals surface area contributed by atoms with Gasteiger partial charge in [0.15, 0.2) is 0 Å². The fourth-order valence-electron chi connectivity index (χ4n) is 3.31. The molecule has 0 unspecified atom stereocenters. The van der Waals surface area contributed by atoms with Gasteiger partial charge < -0.3 is 9.47 Å². The van der Waals surface area contributed by atoms with Gasteiger partial charge in [-0.1, -0.05) is 26.0 Å². The molecule has 2 heterocycles. The maximum atomic E-state index is 13.2. The molecule has 28 heavy (non-hydrogen) atoms. The minimum atomic E-state index is -0.203. The molecule has 0 radical (unpaired) electrons. The Balaban J connectivity index is 1.80. The molecule has 0 saturated carbocycles. The van der Waals surface area contributed by atoms with Gasteiger partial charge in [0.2, 0.25) is 0 Å². The number of hydrogen-bond donors (Lipinski definition) is 0. The van der Waals surface area contributed by atoms with Gasteiger partial charge in [0.25, 0.3) is 11.8 Å². The fraction of sp³-hybridized carbons (Fsp3) is 0.524. The van der Waals surface area contributed by atoms with Gasteiger partial charge in [-0.3, -0.25) is 19.4 Å². The van der Waals surface area contributed by atoms with Crippen molar-refractivity contribution in [3.8, 4) is 5.75 Å². The SMILES string of the molecule is CCOc1ccc(C2=C(SC(C)C)C(=O)N(CCN3CCOCC3)C2=O)cc1. The Labute approximate surface area is 170 Å². The van der Waals surface area contributed by atoms with Crippen LogP contribution in [0, 0.1) is 0 Å². The summed E-state index contributed by atoms with van der Waals surface area (Å²) in [5.41, 5.74) is 1.27. The number of carbonyl (C=O) groups is 2. The number of morpholine rings is 1. The van der Waals surface area contributed by atoms with E-state index in [1.165, 1.54) is 16.7 Å². The first-order valence-electron chi connectivity index (χ1n) is 9.81. The van der Waals surface area contributed by atoms with Crippen LogP contribution in [0.2, 0.25) is 0 Å². The molecule has 0 aliphatic carbocycles. The Hall–Kier alpha value is -1.83. The Morgan fingerprint density at radius 3 is 2.36 bits per heavy atom. The van der Waals surface area contributed by atoms with Gasteiger partial charge in [-0.25, -0.2) is 0 Å². The Bertz CT molecular complexity index is 739. The molecule has 1 aromatic rings. The number of imide groups is 1. The lowest BCUT2D eigenvalue weighted by molar-refractivity contribution is -0.136. The van der Waals surface area contributed by atoms with Gasteiger partial charge in [0.05, 0.1) is 30.3 Å². The van der Waals surface area contributed by atoms with Crippen LogP contribution in [0.4, 0.5) is 0 Å². The molecular weight excluding hydrogens is 376 g/mol. The van der Waals surface area contributed by atoms with Gasteiger partial charge in [0.1, 0.15) is 5.75 Å². The van der Waals surface area contributed by atoms with E-state index in [-0.39, 0.29) is 17.1 Å². The largest absolute Gasteiger partial charge is 0.494 e. The number of rotatable bonds is 8. The van der Waals surface area contributed by atoms with Crippen molar-refractivity contribution in [1.29, 1.82) is 0 Å². The second-order valence-corrected chi connectivity index (χ2v) is 8.63. The van der Waals surface area contributed by atoms with Crippen LogP contribution in [0.15, 0.2) is 29.2 Å². The van der Waals surface area contributed by atoms with Gasteiger partial charge in [-0.15, -0.1) is 11.8 Å². The minimum Gasteiger partial charge on any atom is -0.494 e. The molecule has 7 heteroatoms. The molecule has 2 aliphatic heterocycles. The van der Waals surface area contributed by atoms with Gasteiger partial charge in [0, 0.05) is 31.4 Å². The lowest BCUT2D eigenvalue weighted by Crippen LogP contribution is -2.43. The maximum Gasteiger partial charge on any atom is 0.268 e. The summed E-state index contributed by atoms with van der Waals surface area (Å²) in [5, 5.41) is 0.212. The van der Waals surface area contributed by atoms with Crippen molar-refractivity contribution in [2.75, 3.05) is 46.0 Å². The average Bonchev–Trinajstić information content (AvgIpc) is 2.91. The summed E-state index contributed by atoms with van der Waals surface area (Å²) in [6.07, 6.45) is 0. The molecular formula is C21H28N2O4S. The highest BCUT2D eigenvalue weighted by Crippen LogP contribution is 2.38. The minimum absolute atomic E-state index is 0.180. The smallest absolute Gasteiger partial charge is 0.268 e. The maximum absolute atomic E-state index is 13.2. The monoisotopic (exact) mass is 404 g/mol. The van der Waals surface area contributed by atoms with Crippen LogP contribution in [0.1, 0.15) is 26.3 Å². The second kappa shape index (κ2) is 9.58. The number of amides is 2. The van der Waals surface area contributed by atoms with E-state index in [1.807, 2.05) is 45.0 Å². The molecule has 1 saturated heterocycles. The molecule has 1 aromatic carbocycles. The van der Waals surface area contributed by atoms with Crippen LogP contribution in [0.25, 0.3) is 5.57 Å². The first-order chi connectivity index (χ1) is 13.5. The molecule has 152 valence electrons. The standard InChI is InChI=1S/C21H28N2O4S/c1-4-27-17-7-5-16(6-8-17)18-19(28-15(2)3)21(25)23(20(18)24)10-9-22-11-13-26-14-12-22/h5-8,15H,4,9-14H2,1-3H3. The van der Waals surface area contributed by atoms with E-state index in [0.29, 0.717) is 43.4 Å². The van der Waals surface area contributed by atoms with E-state index in [9.17, 15) is 9.59 Å². The Kier molecular flexibility index (Phi) is 7.15. The van der Waals surface area contributed by atoms with E-state index in [2.05, 4.69) is 4.90 Å². The summed E-state index contributed by atoms with van der Waals surface area (Å²) in [6.45, 7) is 10.7. The number of hydrogen-bond acceptors (Lipinski definition) is 6. The normalized spacial score (nSPS) is 18.5. The van der Waals surface area contributed by atoms with Crippen molar-refractivity contribution in [3.63, 3.8) is 0 Å². The number of thioether (sulfide) groups is 1. The predicted octanol–water partition coefficient (Wildman–Crippen LogP) is 2.64. The van der Waals surface area contributed by atoms with Crippen molar-refractivity contribution in [2.24, 2.45) is 0 Å². The number of benzene rings is 1. The molecule has 1 fully saturated rings. The number of ether oxygens (including phenoxy) is 2. The number of carbonyl (C=O) groups excluding carboxylic acids is 2. The first-order valence-corrected chi connectivity index (χ1v) is 10.7. The van der Waals surface area contributed by atoms with E-state index in [4.69, 9.17) is 9.47 Å². The number of nitrogens with zero attached hydrogens (tertiary/aromatic N) is 2. The van der Waals surface area contributed by atoms with Crippen molar-refractivity contribution in [2.45, 2.75) is 26.0 Å². The van der Waals surface area contributed by atoms with Crippen molar-refractivity contribution in [3.05, 3.63) is 34.7 Å². The lowest BCUT2D eigenvalue weighted by atomic mass is 10.1. The highest BCUT2D eigenvalue weighted by Gasteiger charge is 2.39. The average molecular weight is 405 g/mol. The zero-order valence-electron chi connectivity index (χ0n) is 16.8. The zero-order valence-corrected chi connectivity index (χ0v) is 17.6. The quantitative estimate of drug-likeness (QED) is 0.621. The molecule has 2 amide bonds. The zero-order chi connectivity index (χ0) is 20.1. The summed E-state index contributed by atoms with van der Waals surface area (Å²) in [7, 11) is 0. The second-order valence-electron chi connectivity index (χ2n) is 7.04. The lowest BCUT2D eigenvalue weighted by Gasteiger charge is -2.28. The summed E-state index contributed by atoms with van der Waals surface area (Å²) in [5.74, 6) is 0.372. The summed E-state index contributed by atoms with van der Waals surface area (Å²) < 4.78 is 10.9. The molecule has 0 atom stereocenters. The Morgan fingerprint density at radius 1 is 1.07 bits per heavy atom. The van der Waals surface area contributed by atoms with Crippen LogP contribution in [0.3, 0.4) is 0 Å². The summed E-state index contributed by atoms with van der Waals surface area (Å²) in [6, 6.07) is 7.41. The van der Waals surface area contributed by atoms with Crippen LogP contribution in [-0.4, -0.2) is 72.9 Å². The van der Waals surface area contributed by atoms with Crippen LogP contribution < -0.4 is 4.74 Å². The molecule has 3 rings (SSSR count). The highest BCUT2D eigenvalue weighted by molar-refractivity contribution is 8.04. The van der Waals surface area contributed by atoms with E-state index >= 15 is 0 Å². The molecule has 0 spiro atoms. The fourth-order valence-corrected chi connectivity index (χ4v) is 4.31. The highest BCUT2D eigenvalue weighted by atomic mass is 32.2. The molecule has 6 nitrogen and oxygen atoms in total. The topological polar surface area (TPSA) is 59.1 Å². The van der Waals surface area contributed by atoms with Crippen LogP contribution in [-0.2, 0) is 14.3 Å². The third-order valence-corrected chi connectivity index (χ3v) is 5.76. The third kappa shape index (κ3) is 4.77. The molecule has 0 N–H and O–H groups in total. The van der Waals surface area contributed by atoms with E-state index < -0.39 is 0 Å². The molecule has 0 aromatic heterocycles. The van der Waals surface area contributed by atoms with Gasteiger partial charge in [-0.2, -0.15) is 0 Å². The van der Waals surface area contributed by atoms with Crippen LogP contribution in [0.5, 0.6) is 5.75 Å². The third-order valence-electron chi connectivity index (χ3n) is 4.68. The van der Waals surface area contributed by atoms with Gasteiger partial charge >= 0.3 is 0 Å². The predicted molar refractivity (Wildman–Crippen MR) is 111 cm³/mol. The molecule has 2 aliphatic rings. The van der Waals surface area contributed by atoms with Crippen molar-refractivity contribution >= 4 is 29.1 Å².